The number of carbonyl (C=O) groups excluding carboxylic acids is 1. The van der Waals surface area contributed by atoms with Crippen molar-refractivity contribution in [2.45, 2.75) is 26.7 Å². The first-order chi connectivity index (χ1) is 12.0. The van der Waals surface area contributed by atoms with Gasteiger partial charge in [-0.15, -0.1) is 0 Å². The lowest BCUT2D eigenvalue weighted by Crippen LogP contribution is -2.43. The average molecular weight is 364 g/mol. The van der Waals surface area contributed by atoms with Crippen molar-refractivity contribution in [3.8, 4) is 5.75 Å². The van der Waals surface area contributed by atoms with Gasteiger partial charge in [-0.25, -0.2) is 4.21 Å². The molecule has 1 aromatic carbocycles. The van der Waals surface area contributed by atoms with Crippen molar-refractivity contribution in [1.82, 2.24) is 4.90 Å². The van der Waals surface area contributed by atoms with Gasteiger partial charge in [0.15, 0.2) is 0 Å². The summed E-state index contributed by atoms with van der Waals surface area (Å²) in [6, 6.07) is 5.45. The Hall–Kier alpha value is -2.09. The van der Waals surface area contributed by atoms with Crippen LogP contribution in [0.3, 0.4) is 0 Å². The van der Waals surface area contributed by atoms with E-state index in [-0.39, 0.29) is 23.6 Å². The molecule has 8 heteroatoms. The maximum atomic E-state index is 12.2. The summed E-state index contributed by atoms with van der Waals surface area (Å²) in [4.78, 5) is 14.1. The number of benzene rings is 1. The number of amidine groups is 1. The zero-order valence-corrected chi connectivity index (χ0v) is 15.3. The summed E-state index contributed by atoms with van der Waals surface area (Å²) in [5.41, 5.74) is 7.23. The number of anilines is 1. The molecule has 0 saturated carbocycles. The fourth-order valence-electron chi connectivity index (χ4n) is 3.23. The van der Waals surface area contributed by atoms with Gasteiger partial charge in [0, 0.05) is 24.9 Å². The maximum absolute atomic E-state index is 12.2. The Morgan fingerprint density at radius 3 is 3.08 bits per heavy atom. The number of nitrogens with two attached hydrogens (primary N) is 1. The molecule has 3 rings (SSSR count). The van der Waals surface area contributed by atoms with Crippen molar-refractivity contribution >= 4 is 28.6 Å². The average Bonchev–Trinajstić information content (AvgIpc) is 2.58. The topological polar surface area (TPSA) is 97.0 Å². The molecule has 2 aliphatic heterocycles. The van der Waals surface area contributed by atoms with Crippen LogP contribution in [-0.4, -0.2) is 40.5 Å². The predicted octanol–water partition coefficient (Wildman–Crippen LogP) is 1.67. The number of carbonyl (C=O) groups is 1. The lowest BCUT2D eigenvalue weighted by atomic mass is 9.97. The highest BCUT2D eigenvalue weighted by Crippen LogP contribution is 2.30. The zero-order chi connectivity index (χ0) is 18.0. The maximum Gasteiger partial charge on any atom is 0.245 e. The summed E-state index contributed by atoms with van der Waals surface area (Å²) in [7, 11) is 0. The highest BCUT2D eigenvalue weighted by atomic mass is 32.2. The van der Waals surface area contributed by atoms with E-state index in [0.717, 1.165) is 25.9 Å². The minimum atomic E-state index is -1.55. The van der Waals surface area contributed by atoms with Gasteiger partial charge in [-0.3, -0.25) is 9.52 Å². The minimum absolute atomic E-state index is 0.0174. The van der Waals surface area contributed by atoms with Crippen LogP contribution in [0.4, 0.5) is 5.69 Å². The number of hydrogen-bond donors (Lipinski definition) is 2. The molecule has 0 spiro atoms. The predicted molar refractivity (Wildman–Crippen MR) is 98.6 cm³/mol. The van der Waals surface area contributed by atoms with Gasteiger partial charge in [-0.2, -0.15) is 4.40 Å². The second-order valence-corrected chi connectivity index (χ2v) is 7.65. The second kappa shape index (κ2) is 7.43. The summed E-state index contributed by atoms with van der Waals surface area (Å²) in [5, 5.41) is 0. The third-order valence-corrected chi connectivity index (χ3v) is 5.22. The van der Waals surface area contributed by atoms with Gasteiger partial charge < -0.3 is 15.4 Å². The molecule has 0 radical (unpaired) electrons. The fraction of sp³-hybridized carbons (Fsp3) is 0.529. The number of likely N-dealkylation sites (tertiary alicyclic amines) is 1. The van der Waals surface area contributed by atoms with Crippen LogP contribution < -0.4 is 15.2 Å². The van der Waals surface area contributed by atoms with Gasteiger partial charge in [0.25, 0.3) is 0 Å². The molecule has 0 aliphatic carbocycles. The number of rotatable bonds is 4. The quantitative estimate of drug-likeness (QED) is 0.849. The minimum Gasteiger partial charge on any atom is -0.492 e. The molecule has 0 bridgehead atoms. The molecule has 0 aromatic heterocycles. The van der Waals surface area contributed by atoms with E-state index < -0.39 is 11.2 Å². The number of fused-ring (bicyclic) bond motifs is 1. The van der Waals surface area contributed by atoms with Crippen LogP contribution in [0.5, 0.6) is 5.75 Å². The van der Waals surface area contributed by atoms with Gasteiger partial charge in [0.1, 0.15) is 11.6 Å². The van der Waals surface area contributed by atoms with E-state index in [0.29, 0.717) is 23.6 Å². The summed E-state index contributed by atoms with van der Waals surface area (Å²) in [6.45, 7) is 5.91. The molecule has 2 unspecified atom stereocenters. The summed E-state index contributed by atoms with van der Waals surface area (Å²) >= 11 is -1.55. The molecular formula is C17H24N4O3S. The van der Waals surface area contributed by atoms with Crippen LogP contribution in [0, 0.1) is 11.8 Å². The Morgan fingerprint density at radius 2 is 2.32 bits per heavy atom. The third kappa shape index (κ3) is 3.95. The van der Waals surface area contributed by atoms with E-state index >= 15 is 0 Å². The van der Waals surface area contributed by atoms with E-state index in [2.05, 4.69) is 9.12 Å². The van der Waals surface area contributed by atoms with E-state index in [9.17, 15) is 9.00 Å². The fourth-order valence-corrected chi connectivity index (χ4v) is 3.90. The van der Waals surface area contributed by atoms with E-state index in [4.69, 9.17) is 10.5 Å². The van der Waals surface area contributed by atoms with Crippen LogP contribution >= 0.6 is 0 Å². The highest BCUT2D eigenvalue weighted by molar-refractivity contribution is 7.85. The number of nitrogens with one attached hydrogen (secondary N) is 1. The summed E-state index contributed by atoms with van der Waals surface area (Å²) in [5.74, 6) is 1.34. The van der Waals surface area contributed by atoms with Gasteiger partial charge in [-0.05, 0) is 25.0 Å². The van der Waals surface area contributed by atoms with Crippen molar-refractivity contribution in [3.63, 3.8) is 0 Å². The molecular weight excluding hydrogens is 340 g/mol. The standard InChI is InChI=1S/C17H24N4O3S/c1-11(2)17(22)21-8-4-5-12(9-21)10-24-14-7-3-6-13-15(14)16(18)20-25(23)19-13/h3,6-7,11-12,19H,4-5,8-10H2,1-2H3,(H2,18,20). The number of amides is 1. The smallest absolute Gasteiger partial charge is 0.245 e. The lowest BCUT2D eigenvalue weighted by Gasteiger charge is -2.34. The van der Waals surface area contributed by atoms with Gasteiger partial charge in [-0.1, -0.05) is 19.9 Å². The zero-order valence-electron chi connectivity index (χ0n) is 14.5. The lowest BCUT2D eigenvalue weighted by molar-refractivity contribution is -0.136. The Bertz CT molecular complexity index is 720. The van der Waals surface area contributed by atoms with Crippen molar-refractivity contribution in [2.75, 3.05) is 24.4 Å². The highest BCUT2D eigenvalue weighted by Gasteiger charge is 2.26. The van der Waals surface area contributed by atoms with Crippen LogP contribution in [0.2, 0.25) is 0 Å². The van der Waals surface area contributed by atoms with Crippen LogP contribution in [0.1, 0.15) is 32.3 Å². The van der Waals surface area contributed by atoms with E-state index in [1.54, 1.807) is 6.07 Å². The molecule has 1 aromatic rings. The molecule has 136 valence electrons. The first kappa shape index (κ1) is 17.7. The van der Waals surface area contributed by atoms with Gasteiger partial charge in [0.2, 0.25) is 17.1 Å². The molecule has 2 heterocycles. The third-order valence-electron chi connectivity index (χ3n) is 4.46. The SMILES string of the molecule is CC(C)C(=O)N1CCCC(COc2cccc3c2C(N)=NS(=O)N3)C1. The summed E-state index contributed by atoms with van der Waals surface area (Å²) in [6.07, 6.45) is 2.02. The summed E-state index contributed by atoms with van der Waals surface area (Å²) < 4.78 is 24.2. The molecule has 2 aliphatic rings. The van der Waals surface area contributed by atoms with Crippen LogP contribution in [0.15, 0.2) is 22.6 Å². The Labute approximate surface area is 150 Å². The van der Waals surface area contributed by atoms with Crippen molar-refractivity contribution < 1.29 is 13.7 Å². The number of nitrogens with zero attached hydrogens (tertiary/aromatic N) is 2. The first-order valence-electron chi connectivity index (χ1n) is 8.53. The number of ether oxygens (including phenoxy) is 1. The van der Waals surface area contributed by atoms with Crippen LogP contribution in [-0.2, 0) is 16.0 Å². The number of piperidine rings is 1. The van der Waals surface area contributed by atoms with E-state index in [1.165, 1.54) is 0 Å². The molecule has 3 N–H and O–H groups in total. The number of hydrogen-bond acceptors (Lipinski definition) is 4. The molecule has 2 atom stereocenters. The Morgan fingerprint density at radius 1 is 1.52 bits per heavy atom. The van der Waals surface area contributed by atoms with Crippen molar-refractivity contribution in [1.29, 1.82) is 0 Å². The second-order valence-electron chi connectivity index (χ2n) is 6.76. The van der Waals surface area contributed by atoms with Crippen LogP contribution in [0.25, 0.3) is 0 Å². The largest absolute Gasteiger partial charge is 0.492 e. The van der Waals surface area contributed by atoms with Gasteiger partial charge >= 0.3 is 0 Å². The molecule has 1 fully saturated rings. The molecule has 25 heavy (non-hydrogen) atoms. The first-order valence-corrected chi connectivity index (χ1v) is 9.64. The van der Waals surface area contributed by atoms with E-state index in [1.807, 2.05) is 30.9 Å². The van der Waals surface area contributed by atoms with Crippen molar-refractivity contribution in [3.05, 3.63) is 23.8 Å². The monoisotopic (exact) mass is 364 g/mol. The van der Waals surface area contributed by atoms with Gasteiger partial charge in [0.05, 0.1) is 17.9 Å². The molecule has 7 nitrogen and oxygen atoms in total. The molecule has 1 saturated heterocycles. The Kier molecular flexibility index (Phi) is 5.27. The van der Waals surface area contributed by atoms with Crippen molar-refractivity contribution in [2.24, 2.45) is 22.0 Å². The normalized spacial score (nSPS) is 22.8. The molecule has 1 amide bonds. The Balaban J connectivity index is 1.67.